The number of hydrogen-bond donors (Lipinski definition) is 1. The van der Waals surface area contributed by atoms with Crippen LogP contribution in [0.1, 0.15) is 34.2 Å². The molecule has 0 fully saturated rings. The summed E-state index contributed by atoms with van der Waals surface area (Å²) in [5.74, 6) is 0.765. The highest BCUT2D eigenvalue weighted by Gasteiger charge is 2.34. The van der Waals surface area contributed by atoms with Crippen molar-refractivity contribution in [1.29, 1.82) is 0 Å². The molecular formula is C27H26N4O2. The predicted molar refractivity (Wildman–Crippen MR) is 129 cm³/mol. The maximum absolute atomic E-state index is 13.6. The van der Waals surface area contributed by atoms with Crippen LogP contribution in [0.4, 0.5) is 0 Å². The summed E-state index contributed by atoms with van der Waals surface area (Å²) in [6, 6.07) is 23.8. The minimum absolute atomic E-state index is 0.0729. The monoisotopic (exact) mass is 438 g/mol. The summed E-state index contributed by atoms with van der Waals surface area (Å²) in [6.07, 6.45) is 2.42. The number of imidazole rings is 1. The van der Waals surface area contributed by atoms with Crippen molar-refractivity contribution in [2.75, 3.05) is 7.11 Å². The molecule has 166 valence electrons. The van der Waals surface area contributed by atoms with Gasteiger partial charge in [0.05, 0.1) is 23.8 Å². The second-order valence-corrected chi connectivity index (χ2v) is 8.30. The molecule has 0 radical (unpaired) electrons. The molecule has 0 spiro atoms. The van der Waals surface area contributed by atoms with E-state index in [2.05, 4.69) is 29.1 Å². The molecule has 0 saturated heterocycles. The topological polar surface area (TPSA) is 59.4 Å². The van der Waals surface area contributed by atoms with Gasteiger partial charge in [0.1, 0.15) is 11.9 Å². The maximum atomic E-state index is 13.6. The number of amides is 1. The average Bonchev–Trinajstić information content (AvgIpc) is 3.40. The summed E-state index contributed by atoms with van der Waals surface area (Å²) in [4.78, 5) is 25.3. The number of benzene rings is 3. The third kappa shape index (κ3) is 3.79. The Balaban J connectivity index is 1.49. The number of nitrogens with one attached hydrogen (secondary N) is 1. The molecule has 3 aromatic carbocycles. The summed E-state index contributed by atoms with van der Waals surface area (Å²) >= 11 is 0. The van der Waals surface area contributed by atoms with Gasteiger partial charge >= 0.3 is 0 Å². The highest BCUT2D eigenvalue weighted by Crippen LogP contribution is 2.35. The molecule has 1 atom stereocenters. The largest absolute Gasteiger partial charge is 0.329 e. The Morgan fingerprint density at radius 1 is 1.03 bits per heavy atom. The first kappa shape index (κ1) is 21.0. The van der Waals surface area contributed by atoms with Crippen LogP contribution in [0.25, 0.3) is 22.2 Å². The van der Waals surface area contributed by atoms with Crippen LogP contribution in [0.5, 0.6) is 0 Å². The molecule has 1 amide bonds. The standard InChI is InChI=1S/C27H26N4O2/c1-18-8-4-5-9-22(18)19-12-14-20(15-13-19)27(32)31-17-21(29-33-3)16-25(31)26-28-23-10-6-7-11-24(23)30(26)2/h4-15,17,25,29H,16H2,1-3H3. The van der Waals surface area contributed by atoms with Crippen molar-refractivity contribution in [3.63, 3.8) is 0 Å². The van der Waals surface area contributed by atoms with Crippen LogP contribution in [0.2, 0.25) is 0 Å². The fourth-order valence-electron chi connectivity index (χ4n) is 4.53. The van der Waals surface area contributed by atoms with Crippen molar-refractivity contribution >= 4 is 16.9 Å². The molecule has 1 aromatic heterocycles. The highest BCUT2D eigenvalue weighted by molar-refractivity contribution is 5.96. The fraction of sp³-hybridized carbons (Fsp3) is 0.185. The first-order valence-electron chi connectivity index (χ1n) is 11.0. The number of fused-ring (bicyclic) bond motifs is 1. The molecule has 6 nitrogen and oxygen atoms in total. The second kappa shape index (κ2) is 8.56. The molecule has 0 saturated carbocycles. The summed E-state index contributed by atoms with van der Waals surface area (Å²) in [6.45, 7) is 2.09. The summed E-state index contributed by atoms with van der Waals surface area (Å²) in [7, 11) is 3.56. The minimum Gasteiger partial charge on any atom is -0.329 e. The van der Waals surface area contributed by atoms with E-state index in [1.165, 1.54) is 11.1 Å². The number of para-hydroxylation sites is 2. The van der Waals surface area contributed by atoms with Crippen LogP contribution >= 0.6 is 0 Å². The van der Waals surface area contributed by atoms with E-state index >= 15 is 0 Å². The van der Waals surface area contributed by atoms with E-state index in [0.717, 1.165) is 28.1 Å². The Kier molecular flexibility index (Phi) is 5.44. The predicted octanol–water partition coefficient (Wildman–Crippen LogP) is 5.13. The molecule has 0 aliphatic carbocycles. The van der Waals surface area contributed by atoms with E-state index in [9.17, 15) is 4.79 Å². The van der Waals surface area contributed by atoms with E-state index in [0.29, 0.717) is 12.0 Å². The lowest BCUT2D eigenvalue weighted by atomic mass is 9.99. The number of aryl methyl sites for hydroxylation is 2. The van der Waals surface area contributed by atoms with Crippen molar-refractivity contribution in [2.24, 2.45) is 7.05 Å². The molecule has 5 rings (SSSR count). The number of nitrogens with zero attached hydrogens (tertiary/aromatic N) is 3. The Hall–Kier alpha value is -3.90. The number of hydroxylamine groups is 1. The molecule has 33 heavy (non-hydrogen) atoms. The van der Waals surface area contributed by atoms with Crippen LogP contribution in [0.15, 0.2) is 84.7 Å². The van der Waals surface area contributed by atoms with Gasteiger partial charge < -0.3 is 9.47 Å². The minimum atomic E-state index is -0.233. The van der Waals surface area contributed by atoms with Gasteiger partial charge in [0, 0.05) is 25.2 Å². The van der Waals surface area contributed by atoms with Crippen LogP contribution in [0.3, 0.4) is 0 Å². The number of carbonyl (C=O) groups is 1. The third-order valence-corrected chi connectivity index (χ3v) is 6.22. The van der Waals surface area contributed by atoms with Gasteiger partial charge in [-0.25, -0.2) is 4.98 Å². The third-order valence-electron chi connectivity index (χ3n) is 6.22. The molecule has 1 aliphatic rings. The van der Waals surface area contributed by atoms with Gasteiger partial charge in [0.2, 0.25) is 0 Å². The molecule has 1 N–H and O–H groups in total. The summed E-state index contributed by atoms with van der Waals surface area (Å²) in [5, 5.41) is 0. The zero-order chi connectivity index (χ0) is 22.9. The number of rotatable bonds is 5. The number of aromatic nitrogens is 2. The van der Waals surface area contributed by atoms with Crippen molar-refractivity contribution in [3.05, 3.63) is 102 Å². The van der Waals surface area contributed by atoms with Gasteiger partial charge in [0.25, 0.3) is 5.91 Å². The van der Waals surface area contributed by atoms with E-state index in [-0.39, 0.29) is 11.9 Å². The van der Waals surface area contributed by atoms with E-state index in [1.807, 2.05) is 73.9 Å². The molecule has 4 aromatic rings. The van der Waals surface area contributed by atoms with Crippen molar-refractivity contribution in [1.82, 2.24) is 19.9 Å². The van der Waals surface area contributed by atoms with Crippen molar-refractivity contribution in [2.45, 2.75) is 19.4 Å². The maximum Gasteiger partial charge on any atom is 0.258 e. The normalized spacial score (nSPS) is 15.7. The van der Waals surface area contributed by atoms with Gasteiger partial charge in [-0.05, 0) is 47.9 Å². The van der Waals surface area contributed by atoms with Crippen molar-refractivity contribution < 1.29 is 9.63 Å². The van der Waals surface area contributed by atoms with Gasteiger partial charge in [-0.3, -0.25) is 15.1 Å². The smallest absolute Gasteiger partial charge is 0.258 e. The van der Waals surface area contributed by atoms with Gasteiger partial charge in [-0.1, -0.05) is 48.5 Å². The molecule has 1 unspecified atom stereocenters. The number of carbonyl (C=O) groups excluding carboxylic acids is 1. The number of hydrogen-bond acceptors (Lipinski definition) is 4. The van der Waals surface area contributed by atoms with E-state index < -0.39 is 0 Å². The molecular weight excluding hydrogens is 412 g/mol. The van der Waals surface area contributed by atoms with Crippen LogP contribution < -0.4 is 5.48 Å². The molecule has 1 aliphatic heterocycles. The Morgan fingerprint density at radius 2 is 1.76 bits per heavy atom. The molecule has 2 heterocycles. The summed E-state index contributed by atoms with van der Waals surface area (Å²) in [5.41, 5.74) is 9.78. The van der Waals surface area contributed by atoms with Crippen LogP contribution in [-0.2, 0) is 11.9 Å². The van der Waals surface area contributed by atoms with Crippen LogP contribution in [-0.4, -0.2) is 27.5 Å². The van der Waals surface area contributed by atoms with Gasteiger partial charge in [-0.2, -0.15) is 0 Å². The van der Waals surface area contributed by atoms with Gasteiger partial charge in [-0.15, -0.1) is 0 Å². The van der Waals surface area contributed by atoms with Gasteiger partial charge in [0.15, 0.2) is 0 Å². The summed E-state index contributed by atoms with van der Waals surface area (Å²) < 4.78 is 2.06. The quantitative estimate of drug-likeness (QED) is 0.439. The molecule has 6 heteroatoms. The fourth-order valence-corrected chi connectivity index (χ4v) is 4.53. The average molecular weight is 439 g/mol. The zero-order valence-corrected chi connectivity index (χ0v) is 18.9. The Morgan fingerprint density at radius 3 is 2.48 bits per heavy atom. The lowest BCUT2D eigenvalue weighted by Gasteiger charge is -2.23. The highest BCUT2D eigenvalue weighted by atomic mass is 16.6. The van der Waals surface area contributed by atoms with E-state index in [1.54, 1.807) is 12.0 Å². The van der Waals surface area contributed by atoms with E-state index in [4.69, 9.17) is 9.82 Å². The Labute approximate surface area is 193 Å². The molecule has 0 bridgehead atoms. The van der Waals surface area contributed by atoms with Crippen LogP contribution in [0, 0.1) is 6.92 Å². The first-order chi connectivity index (χ1) is 16.1. The first-order valence-corrected chi connectivity index (χ1v) is 11.0. The van der Waals surface area contributed by atoms with Crippen molar-refractivity contribution in [3.8, 4) is 11.1 Å². The Bertz CT molecular complexity index is 1350. The lowest BCUT2D eigenvalue weighted by molar-refractivity contribution is 0.0777. The lowest BCUT2D eigenvalue weighted by Crippen LogP contribution is -2.29. The second-order valence-electron chi connectivity index (χ2n) is 8.30. The zero-order valence-electron chi connectivity index (χ0n) is 18.9. The SMILES string of the molecule is CONC1=CN(C(=O)c2ccc(-c3ccccc3C)cc2)C(c2nc3ccccc3n2C)C1.